The first-order chi connectivity index (χ1) is 8.74. The number of rotatable bonds is 2. The largest absolute Gasteiger partial charge is 0.387 e. The van der Waals surface area contributed by atoms with Crippen molar-refractivity contribution in [2.24, 2.45) is 0 Å². The van der Waals surface area contributed by atoms with Crippen LogP contribution in [0.2, 0.25) is 0 Å². The number of aliphatic hydroxyl groups is 1. The molecule has 18 heavy (non-hydrogen) atoms. The van der Waals surface area contributed by atoms with E-state index in [1.54, 1.807) is 6.92 Å². The topological polar surface area (TPSA) is 36.4 Å². The van der Waals surface area contributed by atoms with Crippen molar-refractivity contribution in [1.29, 1.82) is 0 Å². The number of benzene rings is 1. The third-order valence-corrected chi connectivity index (χ3v) is 3.40. The van der Waals surface area contributed by atoms with Crippen molar-refractivity contribution in [3.05, 3.63) is 59.4 Å². The van der Waals surface area contributed by atoms with Gasteiger partial charge in [-0.25, -0.2) is 0 Å². The van der Waals surface area contributed by atoms with Crippen molar-refractivity contribution < 1.29 is 5.11 Å². The summed E-state index contributed by atoms with van der Waals surface area (Å²) in [6.07, 6.45) is 1.34. The van der Waals surface area contributed by atoms with Gasteiger partial charge in [0.15, 0.2) is 0 Å². The number of hydrogen-bond donors (Lipinski definition) is 1. The molecule has 0 amide bonds. The van der Waals surface area contributed by atoms with Crippen LogP contribution in [0.25, 0.3) is 0 Å². The Kier molecular flexibility index (Phi) is 2.76. The van der Waals surface area contributed by atoms with E-state index in [2.05, 4.69) is 34.1 Å². The zero-order valence-corrected chi connectivity index (χ0v) is 10.4. The number of nitrogens with zero attached hydrogens (tertiary/aromatic N) is 2. The molecule has 1 aliphatic rings. The van der Waals surface area contributed by atoms with Crippen LogP contribution in [-0.2, 0) is 13.1 Å². The van der Waals surface area contributed by atoms with Crippen molar-refractivity contribution in [3.8, 4) is 0 Å². The molecule has 1 aromatic carbocycles. The van der Waals surface area contributed by atoms with E-state index in [1.807, 2.05) is 18.3 Å². The van der Waals surface area contributed by atoms with Crippen LogP contribution in [0, 0.1) is 0 Å². The van der Waals surface area contributed by atoms with Crippen LogP contribution in [0.15, 0.2) is 42.6 Å². The molecule has 1 aliphatic heterocycles. The molecule has 1 N–H and O–H groups in total. The van der Waals surface area contributed by atoms with Gasteiger partial charge < -0.3 is 10.0 Å². The molecule has 3 rings (SSSR count). The van der Waals surface area contributed by atoms with Gasteiger partial charge >= 0.3 is 0 Å². The lowest BCUT2D eigenvalue weighted by molar-refractivity contribution is 0.194. The number of pyridine rings is 1. The van der Waals surface area contributed by atoms with Gasteiger partial charge in [-0.2, -0.15) is 0 Å². The lowest BCUT2D eigenvalue weighted by atomic mass is 10.1. The van der Waals surface area contributed by atoms with Crippen molar-refractivity contribution >= 4 is 5.69 Å². The molecular weight excluding hydrogens is 224 g/mol. The molecule has 0 radical (unpaired) electrons. The predicted octanol–water partition coefficient (Wildman–Crippen LogP) is 2.66. The highest BCUT2D eigenvalue weighted by Crippen LogP contribution is 2.27. The standard InChI is InChI=1S/C15H16N2O/c1-11(18)15-7-6-14(8-16-15)17-9-12-4-2-3-5-13(12)10-17/h2-8,11,18H,9-10H2,1H3/t11-/m1/s1. The maximum Gasteiger partial charge on any atom is 0.0931 e. The first-order valence-corrected chi connectivity index (χ1v) is 6.20. The van der Waals surface area contributed by atoms with Gasteiger partial charge in [0.25, 0.3) is 0 Å². The normalized spacial score (nSPS) is 15.6. The Bertz CT molecular complexity index is 524. The molecule has 1 atom stereocenters. The van der Waals surface area contributed by atoms with Gasteiger partial charge in [0.1, 0.15) is 0 Å². The van der Waals surface area contributed by atoms with Gasteiger partial charge in [-0.1, -0.05) is 24.3 Å². The third-order valence-electron chi connectivity index (χ3n) is 3.40. The minimum atomic E-state index is -0.505. The Hall–Kier alpha value is -1.87. The Morgan fingerprint density at radius 1 is 1.11 bits per heavy atom. The maximum atomic E-state index is 9.45. The summed E-state index contributed by atoms with van der Waals surface area (Å²) in [5.41, 5.74) is 4.60. The lowest BCUT2D eigenvalue weighted by Crippen LogP contribution is -2.14. The van der Waals surface area contributed by atoms with Crippen LogP contribution in [-0.4, -0.2) is 10.1 Å². The molecule has 3 nitrogen and oxygen atoms in total. The molecule has 0 fully saturated rings. The van der Waals surface area contributed by atoms with Crippen LogP contribution in [0.1, 0.15) is 29.8 Å². The number of aliphatic hydroxyl groups excluding tert-OH is 1. The summed E-state index contributed by atoms with van der Waals surface area (Å²) in [5.74, 6) is 0. The zero-order chi connectivity index (χ0) is 12.5. The number of hydrogen-bond acceptors (Lipinski definition) is 3. The van der Waals surface area contributed by atoms with E-state index in [0.717, 1.165) is 24.5 Å². The second-order valence-electron chi connectivity index (χ2n) is 4.74. The summed E-state index contributed by atoms with van der Waals surface area (Å²) in [5, 5.41) is 9.45. The fraction of sp³-hybridized carbons (Fsp3) is 0.267. The number of fused-ring (bicyclic) bond motifs is 1. The molecule has 2 aromatic rings. The number of anilines is 1. The predicted molar refractivity (Wildman–Crippen MR) is 71.2 cm³/mol. The summed E-state index contributed by atoms with van der Waals surface area (Å²) >= 11 is 0. The summed E-state index contributed by atoms with van der Waals surface area (Å²) in [7, 11) is 0. The van der Waals surface area contributed by atoms with Crippen molar-refractivity contribution in [2.75, 3.05) is 4.90 Å². The molecule has 0 aliphatic carbocycles. The summed E-state index contributed by atoms with van der Waals surface area (Å²) in [6.45, 7) is 3.60. The molecule has 0 unspecified atom stereocenters. The van der Waals surface area contributed by atoms with Gasteiger partial charge in [-0.15, -0.1) is 0 Å². The van der Waals surface area contributed by atoms with Gasteiger partial charge in [0.2, 0.25) is 0 Å². The van der Waals surface area contributed by atoms with E-state index in [1.165, 1.54) is 11.1 Å². The highest BCUT2D eigenvalue weighted by atomic mass is 16.3. The minimum absolute atomic E-state index is 0.505. The second kappa shape index (κ2) is 4.42. The Labute approximate surface area is 107 Å². The zero-order valence-electron chi connectivity index (χ0n) is 10.4. The summed E-state index contributed by atoms with van der Waals surface area (Å²) < 4.78 is 0. The monoisotopic (exact) mass is 240 g/mol. The maximum absolute atomic E-state index is 9.45. The van der Waals surface area contributed by atoms with E-state index in [9.17, 15) is 5.11 Å². The van der Waals surface area contributed by atoms with Crippen molar-refractivity contribution in [3.63, 3.8) is 0 Å². The first-order valence-electron chi connectivity index (χ1n) is 6.20. The first kappa shape index (κ1) is 11.2. The summed E-state index contributed by atoms with van der Waals surface area (Å²) in [6, 6.07) is 12.4. The van der Waals surface area contributed by atoms with Gasteiger partial charge in [-0.05, 0) is 30.2 Å². The van der Waals surface area contributed by atoms with Crippen molar-refractivity contribution in [1.82, 2.24) is 4.98 Å². The molecule has 0 spiro atoms. The van der Waals surface area contributed by atoms with Gasteiger partial charge in [-0.3, -0.25) is 4.98 Å². The molecule has 2 heterocycles. The van der Waals surface area contributed by atoms with Crippen LogP contribution < -0.4 is 4.90 Å². The van der Waals surface area contributed by atoms with E-state index in [4.69, 9.17) is 0 Å². The Balaban J connectivity index is 1.82. The highest BCUT2D eigenvalue weighted by Gasteiger charge is 2.18. The fourth-order valence-corrected chi connectivity index (χ4v) is 2.35. The quantitative estimate of drug-likeness (QED) is 0.876. The third kappa shape index (κ3) is 1.97. The smallest absolute Gasteiger partial charge is 0.0931 e. The van der Waals surface area contributed by atoms with Crippen LogP contribution >= 0.6 is 0 Å². The molecule has 0 saturated carbocycles. The van der Waals surface area contributed by atoms with Crippen LogP contribution in [0.5, 0.6) is 0 Å². The van der Waals surface area contributed by atoms with Crippen LogP contribution in [0.3, 0.4) is 0 Å². The van der Waals surface area contributed by atoms with Gasteiger partial charge in [0, 0.05) is 13.1 Å². The molecule has 0 saturated heterocycles. The molecular formula is C15H16N2O. The average molecular weight is 240 g/mol. The fourth-order valence-electron chi connectivity index (χ4n) is 2.35. The molecule has 0 bridgehead atoms. The molecule has 1 aromatic heterocycles. The second-order valence-corrected chi connectivity index (χ2v) is 4.74. The minimum Gasteiger partial charge on any atom is -0.387 e. The van der Waals surface area contributed by atoms with E-state index >= 15 is 0 Å². The van der Waals surface area contributed by atoms with Crippen molar-refractivity contribution in [2.45, 2.75) is 26.1 Å². The molecule has 3 heteroatoms. The number of aromatic nitrogens is 1. The van der Waals surface area contributed by atoms with Gasteiger partial charge in [0.05, 0.1) is 23.7 Å². The average Bonchev–Trinajstić information content (AvgIpc) is 2.82. The Morgan fingerprint density at radius 3 is 2.28 bits per heavy atom. The Morgan fingerprint density at radius 2 is 1.78 bits per heavy atom. The summed E-state index contributed by atoms with van der Waals surface area (Å²) in [4.78, 5) is 6.59. The van der Waals surface area contributed by atoms with E-state index in [0.29, 0.717) is 0 Å². The van der Waals surface area contributed by atoms with E-state index < -0.39 is 6.10 Å². The molecule has 92 valence electrons. The van der Waals surface area contributed by atoms with E-state index in [-0.39, 0.29) is 0 Å². The lowest BCUT2D eigenvalue weighted by Gasteiger charge is -2.17. The van der Waals surface area contributed by atoms with Crippen LogP contribution in [0.4, 0.5) is 5.69 Å². The highest BCUT2D eigenvalue weighted by molar-refractivity contribution is 5.50. The SMILES string of the molecule is C[C@@H](O)c1ccc(N2Cc3ccccc3C2)cn1.